The molecule has 1 aromatic heterocycles. The van der Waals surface area contributed by atoms with Gasteiger partial charge in [-0.2, -0.15) is 0 Å². The first-order chi connectivity index (χ1) is 12.2. The highest BCUT2D eigenvalue weighted by atomic mass is 16.5. The Labute approximate surface area is 146 Å². The second-order valence-electron chi connectivity index (χ2n) is 5.44. The average molecular weight is 334 g/mol. The minimum atomic E-state index is -0.263. The quantitative estimate of drug-likeness (QED) is 0.734. The lowest BCUT2D eigenvalue weighted by Crippen LogP contribution is -2.20. The molecule has 0 radical (unpaired) electrons. The lowest BCUT2D eigenvalue weighted by molar-refractivity contribution is -0.118. The fourth-order valence-electron chi connectivity index (χ4n) is 2.10. The zero-order chi connectivity index (χ0) is 17.5. The van der Waals surface area contributed by atoms with Crippen LogP contribution in [-0.4, -0.2) is 17.5 Å². The summed E-state index contributed by atoms with van der Waals surface area (Å²) in [6.45, 7) is 1.85. The van der Waals surface area contributed by atoms with E-state index in [1.165, 1.54) is 0 Å². The molecule has 0 saturated heterocycles. The van der Waals surface area contributed by atoms with Gasteiger partial charge in [-0.25, -0.2) is 4.98 Å². The van der Waals surface area contributed by atoms with E-state index >= 15 is 0 Å². The van der Waals surface area contributed by atoms with Crippen LogP contribution in [0.1, 0.15) is 5.56 Å². The van der Waals surface area contributed by atoms with E-state index in [0.29, 0.717) is 17.3 Å². The van der Waals surface area contributed by atoms with Crippen molar-refractivity contribution in [2.75, 3.05) is 11.9 Å². The van der Waals surface area contributed by atoms with Crippen LogP contribution in [0.25, 0.3) is 0 Å². The van der Waals surface area contributed by atoms with Gasteiger partial charge in [0.25, 0.3) is 5.91 Å². The van der Waals surface area contributed by atoms with E-state index in [9.17, 15) is 4.79 Å². The standard InChI is InChI=1S/C20H18N2O3/c1-15-7-12-19(21-13-15)22-20(23)14-24-16-8-10-18(11-9-16)25-17-5-3-2-4-6-17/h2-13H,14H2,1H3,(H,21,22,23). The van der Waals surface area contributed by atoms with Crippen LogP contribution in [0.2, 0.25) is 0 Å². The number of aryl methyl sites for hydroxylation is 1. The minimum absolute atomic E-state index is 0.0888. The third kappa shape index (κ3) is 5.07. The molecule has 0 unspecified atom stereocenters. The van der Waals surface area contributed by atoms with Crippen LogP contribution in [0.3, 0.4) is 0 Å². The molecule has 0 saturated carbocycles. The molecule has 0 aliphatic rings. The number of aromatic nitrogens is 1. The Balaban J connectivity index is 1.49. The first-order valence-corrected chi connectivity index (χ1v) is 7.87. The van der Waals surface area contributed by atoms with Gasteiger partial charge in [0.2, 0.25) is 0 Å². The highest BCUT2D eigenvalue weighted by molar-refractivity contribution is 5.90. The number of para-hydroxylation sites is 1. The van der Waals surface area contributed by atoms with Crippen molar-refractivity contribution in [3.05, 3.63) is 78.5 Å². The summed E-state index contributed by atoms with van der Waals surface area (Å²) in [5.41, 5.74) is 1.03. The van der Waals surface area contributed by atoms with E-state index in [1.807, 2.05) is 43.3 Å². The van der Waals surface area contributed by atoms with Crippen molar-refractivity contribution >= 4 is 11.7 Å². The van der Waals surface area contributed by atoms with Crippen LogP contribution in [0, 0.1) is 6.92 Å². The Bertz CT molecular complexity index is 816. The number of hydrogen-bond donors (Lipinski definition) is 1. The minimum Gasteiger partial charge on any atom is -0.484 e. The number of carbonyl (C=O) groups is 1. The smallest absolute Gasteiger partial charge is 0.263 e. The second kappa shape index (κ2) is 7.97. The molecule has 5 heteroatoms. The number of pyridine rings is 1. The van der Waals surface area contributed by atoms with Crippen molar-refractivity contribution in [3.63, 3.8) is 0 Å². The van der Waals surface area contributed by atoms with Crippen LogP contribution in [0.5, 0.6) is 17.2 Å². The Morgan fingerprint density at radius 2 is 1.60 bits per heavy atom. The number of anilines is 1. The molecular weight excluding hydrogens is 316 g/mol. The van der Waals surface area contributed by atoms with E-state index in [2.05, 4.69) is 10.3 Å². The van der Waals surface area contributed by atoms with Crippen molar-refractivity contribution in [2.24, 2.45) is 0 Å². The van der Waals surface area contributed by atoms with E-state index < -0.39 is 0 Å². The van der Waals surface area contributed by atoms with Gasteiger partial charge in [-0.15, -0.1) is 0 Å². The van der Waals surface area contributed by atoms with Gasteiger partial charge in [-0.05, 0) is 55.0 Å². The Morgan fingerprint density at radius 1 is 0.920 bits per heavy atom. The topological polar surface area (TPSA) is 60.5 Å². The summed E-state index contributed by atoms with van der Waals surface area (Å²) >= 11 is 0. The molecule has 1 heterocycles. The highest BCUT2D eigenvalue weighted by Gasteiger charge is 2.05. The monoisotopic (exact) mass is 334 g/mol. The predicted octanol–water partition coefficient (Wildman–Crippen LogP) is 4.20. The zero-order valence-electron chi connectivity index (χ0n) is 13.8. The molecule has 3 aromatic rings. The molecule has 0 aliphatic carbocycles. The van der Waals surface area contributed by atoms with Crippen LogP contribution < -0.4 is 14.8 Å². The molecular formula is C20H18N2O3. The molecule has 3 rings (SSSR count). The molecule has 0 bridgehead atoms. The average Bonchev–Trinajstić information content (AvgIpc) is 2.64. The second-order valence-corrected chi connectivity index (χ2v) is 5.44. The van der Waals surface area contributed by atoms with E-state index in [4.69, 9.17) is 9.47 Å². The first kappa shape index (κ1) is 16.5. The van der Waals surface area contributed by atoms with Gasteiger partial charge in [0.05, 0.1) is 0 Å². The first-order valence-electron chi connectivity index (χ1n) is 7.87. The van der Waals surface area contributed by atoms with E-state index in [1.54, 1.807) is 36.5 Å². The number of hydrogen-bond acceptors (Lipinski definition) is 4. The molecule has 2 aromatic carbocycles. The molecule has 0 fully saturated rings. The normalized spacial score (nSPS) is 10.1. The summed E-state index contributed by atoms with van der Waals surface area (Å²) in [6, 6.07) is 20.3. The summed E-state index contributed by atoms with van der Waals surface area (Å²) in [4.78, 5) is 16.0. The molecule has 5 nitrogen and oxygen atoms in total. The number of benzene rings is 2. The van der Waals surface area contributed by atoms with Crippen LogP contribution in [0.15, 0.2) is 72.9 Å². The maximum atomic E-state index is 11.9. The Hall–Kier alpha value is -3.34. The van der Waals surface area contributed by atoms with Crippen LogP contribution in [-0.2, 0) is 4.79 Å². The number of ether oxygens (including phenoxy) is 2. The lowest BCUT2D eigenvalue weighted by atomic mass is 10.3. The van der Waals surface area contributed by atoms with Gasteiger partial charge in [-0.1, -0.05) is 24.3 Å². The number of nitrogens with one attached hydrogen (secondary N) is 1. The number of carbonyl (C=O) groups excluding carboxylic acids is 1. The summed E-state index contributed by atoms with van der Waals surface area (Å²) < 4.78 is 11.2. The van der Waals surface area contributed by atoms with E-state index in [0.717, 1.165) is 11.3 Å². The van der Waals surface area contributed by atoms with Crippen molar-refractivity contribution < 1.29 is 14.3 Å². The Kier molecular flexibility index (Phi) is 5.26. The molecule has 0 spiro atoms. The van der Waals surface area contributed by atoms with Crippen molar-refractivity contribution in [1.82, 2.24) is 4.98 Å². The predicted molar refractivity (Wildman–Crippen MR) is 96.1 cm³/mol. The third-order valence-corrected chi connectivity index (χ3v) is 3.35. The third-order valence-electron chi connectivity index (χ3n) is 3.35. The maximum absolute atomic E-state index is 11.9. The van der Waals surface area contributed by atoms with Crippen LogP contribution >= 0.6 is 0 Å². The van der Waals surface area contributed by atoms with Gasteiger partial charge in [0.15, 0.2) is 6.61 Å². The van der Waals surface area contributed by atoms with Gasteiger partial charge in [0, 0.05) is 6.20 Å². The molecule has 126 valence electrons. The van der Waals surface area contributed by atoms with Crippen molar-refractivity contribution in [2.45, 2.75) is 6.92 Å². The van der Waals surface area contributed by atoms with Crippen LogP contribution in [0.4, 0.5) is 5.82 Å². The summed E-state index contributed by atoms with van der Waals surface area (Å²) in [5.74, 6) is 2.30. The van der Waals surface area contributed by atoms with Gasteiger partial charge >= 0.3 is 0 Å². The summed E-state index contributed by atoms with van der Waals surface area (Å²) in [5, 5.41) is 2.68. The van der Waals surface area contributed by atoms with Gasteiger partial charge < -0.3 is 14.8 Å². The fraction of sp³-hybridized carbons (Fsp3) is 0.100. The number of amides is 1. The van der Waals surface area contributed by atoms with Crippen molar-refractivity contribution in [3.8, 4) is 17.2 Å². The maximum Gasteiger partial charge on any atom is 0.263 e. The number of nitrogens with zero attached hydrogens (tertiary/aromatic N) is 1. The Morgan fingerprint density at radius 3 is 2.28 bits per heavy atom. The fourth-order valence-corrected chi connectivity index (χ4v) is 2.10. The molecule has 1 N–H and O–H groups in total. The molecule has 25 heavy (non-hydrogen) atoms. The van der Waals surface area contributed by atoms with Gasteiger partial charge in [0.1, 0.15) is 23.1 Å². The summed E-state index contributed by atoms with van der Waals surface area (Å²) in [7, 11) is 0. The SMILES string of the molecule is Cc1ccc(NC(=O)COc2ccc(Oc3ccccc3)cc2)nc1. The van der Waals surface area contributed by atoms with Crippen molar-refractivity contribution in [1.29, 1.82) is 0 Å². The van der Waals surface area contributed by atoms with E-state index in [-0.39, 0.29) is 12.5 Å². The number of rotatable bonds is 6. The highest BCUT2D eigenvalue weighted by Crippen LogP contribution is 2.23. The molecule has 0 atom stereocenters. The molecule has 1 amide bonds. The largest absolute Gasteiger partial charge is 0.484 e. The van der Waals surface area contributed by atoms with Gasteiger partial charge in [-0.3, -0.25) is 4.79 Å². The molecule has 0 aliphatic heterocycles. The zero-order valence-corrected chi connectivity index (χ0v) is 13.8. The lowest BCUT2D eigenvalue weighted by Gasteiger charge is -2.09. The summed E-state index contributed by atoms with van der Waals surface area (Å²) in [6.07, 6.45) is 1.70.